The van der Waals surface area contributed by atoms with Crippen molar-refractivity contribution in [2.45, 2.75) is 24.2 Å². The first-order valence-electron chi connectivity index (χ1n) is 9.97. The van der Waals surface area contributed by atoms with Crippen LogP contribution in [-0.2, 0) is 0 Å². The molecule has 3 aromatic rings. The number of nitrogens with zero attached hydrogens (tertiary/aromatic N) is 2. The van der Waals surface area contributed by atoms with E-state index in [-0.39, 0.29) is 23.0 Å². The van der Waals surface area contributed by atoms with Gasteiger partial charge >= 0.3 is 11.4 Å². The number of aliphatic hydroxyl groups is 4. The van der Waals surface area contributed by atoms with Gasteiger partial charge in [0.25, 0.3) is 16.8 Å². The second kappa shape index (κ2) is 8.76. The van der Waals surface area contributed by atoms with Crippen molar-refractivity contribution in [2.24, 2.45) is 0 Å². The van der Waals surface area contributed by atoms with Gasteiger partial charge in [-0.1, -0.05) is 0 Å². The third kappa shape index (κ3) is 3.95. The van der Waals surface area contributed by atoms with Gasteiger partial charge < -0.3 is 20.4 Å². The first-order chi connectivity index (χ1) is 16.5. The van der Waals surface area contributed by atoms with Gasteiger partial charge in [0.15, 0.2) is 0 Å². The van der Waals surface area contributed by atoms with Crippen LogP contribution in [0.1, 0.15) is 17.0 Å². The molecule has 1 aromatic carbocycles. The number of nitro benzene ring substituents is 1. The van der Waals surface area contributed by atoms with Crippen LogP contribution in [0.5, 0.6) is 0 Å². The fraction of sp³-hybridized carbons (Fsp3) is 0.263. The molecule has 0 bridgehead atoms. The molecule has 0 radical (unpaired) electrons. The van der Waals surface area contributed by atoms with Gasteiger partial charge in [0, 0.05) is 17.8 Å². The lowest BCUT2D eigenvalue weighted by Gasteiger charge is -2.37. The molecule has 2 aromatic heterocycles. The van der Waals surface area contributed by atoms with E-state index in [9.17, 15) is 44.6 Å². The smallest absolute Gasteiger partial charge is 0.327 e. The van der Waals surface area contributed by atoms with E-state index in [0.29, 0.717) is 0 Å². The highest BCUT2D eigenvalue weighted by Gasteiger charge is 2.44. The molecule has 16 heteroatoms. The predicted molar refractivity (Wildman–Crippen MR) is 117 cm³/mol. The number of benzene rings is 1. The lowest BCUT2D eigenvalue weighted by molar-refractivity contribution is -0.384. The number of rotatable bonds is 6. The maximum Gasteiger partial charge on any atom is 0.327 e. The predicted octanol–water partition coefficient (Wildman–Crippen LogP) is -2.66. The van der Waals surface area contributed by atoms with Crippen molar-refractivity contribution in [3.8, 4) is 0 Å². The molecule has 3 heterocycles. The Bertz CT molecular complexity index is 1450. The van der Waals surface area contributed by atoms with E-state index < -0.39 is 69.4 Å². The standard InChI is InChI=1S/C19H18N6O10/c26-5-8(27)12(28)13(29)9-10-14(20-18(32)22-16(10)30)24(6-1-3-7(4-2-6)25(34)35)15-11(9)17(31)23-19(33)21-15/h1-4,8-9,12-13,26-29H,5H2,(H2,20,22,30,32)(H2,21,23,31,33)/t8-,12-,13+/m1/s1. The second-order valence-corrected chi connectivity index (χ2v) is 7.66. The fourth-order valence-electron chi connectivity index (χ4n) is 4.01. The summed E-state index contributed by atoms with van der Waals surface area (Å²) in [6, 6.07) is 4.67. The minimum atomic E-state index is -2.08. The number of aromatic amines is 4. The third-order valence-corrected chi connectivity index (χ3v) is 5.58. The lowest BCUT2D eigenvalue weighted by Crippen LogP contribution is -2.49. The summed E-state index contributed by atoms with van der Waals surface area (Å²) in [5.41, 5.74) is -5.21. The van der Waals surface area contributed by atoms with Gasteiger partial charge in [0.05, 0.1) is 34.7 Å². The van der Waals surface area contributed by atoms with E-state index in [4.69, 9.17) is 5.11 Å². The maximum absolute atomic E-state index is 12.9. The SMILES string of the molecule is O=c1[nH]c2c(c(=O)[nH]1)C([C@H](O)[C@H](O)[C@H](O)CO)c1c([nH]c(=O)[nH]c1=O)N2c1ccc([N+](=O)[O-])cc1. The van der Waals surface area contributed by atoms with Crippen LogP contribution >= 0.6 is 0 Å². The van der Waals surface area contributed by atoms with E-state index in [2.05, 4.69) is 9.97 Å². The number of hydrogen-bond donors (Lipinski definition) is 8. The average molecular weight is 490 g/mol. The van der Waals surface area contributed by atoms with Crippen molar-refractivity contribution in [1.82, 2.24) is 19.9 Å². The summed E-state index contributed by atoms with van der Waals surface area (Å²) >= 11 is 0. The molecule has 3 atom stereocenters. The Labute approximate surface area is 191 Å². The van der Waals surface area contributed by atoms with Crippen LogP contribution < -0.4 is 27.4 Å². The molecule has 0 saturated heterocycles. The summed E-state index contributed by atoms with van der Waals surface area (Å²) in [6.45, 7) is -0.969. The molecular weight excluding hydrogens is 472 g/mol. The van der Waals surface area contributed by atoms with Crippen LogP contribution in [0.25, 0.3) is 0 Å². The summed E-state index contributed by atoms with van der Waals surface area (Å²) in [5.74, 6) is -2.35. The Morgan fingerprint density at radius 3 is 1.80 bits per heavy atom. The molecule has 35 heavy (non-hydrogen) atoms. The minimum Gasteiger partial charge on any atom is -0.394 e. The maximum atomic E-state index is 12.9. The summed E-state index contributed by atoms with van der Waals surface area (Å²) < 4.78 is 0. The molecule has 1 aliphatic heterocycles. The van der Waals surface area contributed by atoms with Crippen molar-refractivity contribution in [3.05, 3.63) is 87.2 Å². The van der Waals surface area contributed by atoms with E-state index >= 15 is 0 Å². The molecular formula is C19H18N6O10. The van der Waals surface area contributed by atoms with E-state index in [1.807, 2.05) is 9.97 Å². The van der Waals surface area contributed by atoms with Crippen molar-refractivity contribution in [1.29, 1.82) is 0 Å². The molecule has 0 unspecified atom stereocenters. The average Bonchev–Trinajstić information content (AvgIpc) is 2.81. The topological polar surface area (TPSA) is 259 Å². The Hall–Kier alpha value is -4.38. The molecule has 0 fully saturated rings. The van der Waals surface area contributed by atoms with Gasteiger partial charge in [-0.25, -0.2) is 9.59 Å². The normalized spacial score (nSPS) is 15.7. The third-order valence-electron chi connectivity index (χ3n) is 5.58. The van der Waals surface area contributed by atoms with Crippen LogP contribution in [0.3, 0.4) is 0 Å². The minimum absolute atomic E-state index is 0.0736. The van der Waals surface area contributed by atoms with Crippen LogP contribution in [0.15, 0.2) is 43.4 Å². The van der Waals surface area contributed by atoms with Crippen molar-refractivity contribution >= 4 is 23.0 Å². The molecule has 184 valence electrons. The Morgan fingerprint density at radius 2 is 1.37 bits per heavy atom. The highest BCUT2D eigenvalue weighted by molar-refractivity contribution is 5.80. The Kier molecular flexibility index (Phi) is 5.95. The number of H-pyrrole nitrogens is 4. The number of non-ortho nitro benzene ring substituents is 1. The zero-order valence-corrected chi connectivity index (χ0v) is 17.5. The van der Waals surface area contributed by atoms with Gasteiger partial charge in [-0.15, -0.1) is 0 Å². The summed E-state index contributed by atoms with van der Waals surface area (Å²) in [6.07, 6.45) is -6.00. The molecule has 1 aliphatic rings. The molecule has 4 rings (SSSR count). The summed E-state index contributed by atoms with van der Waals surface area (Å²) in [7, 11) is 0. The Balaban J connectivity index is 2.07. The zero-order valence-electron chi connectivity index (χ0n) is 17.5. The summed E-state index contributed by atoms with van der Waals surface area (Å²) in [5, 5.41) is 51.3. The van der Waals surface area contributed by atoms with Crippen LogP contribution in [0.4, 0.5) is 23.0 Å². The van der Waals surface area contributed by atoms with E-state index in [0.717, 1.165) is 17.0 Å². The first-order valence-corrected chi connectivity index (χ1v) is 9.97. The van der Waals surface area contributed by atoms with Gasteiger partial charge in [-0.3, -0.25) is 44.5 Å². The second-order valence-electron chi connectivity index (χ2n) is 7.66. The van der Waals surface area contributed by atoms with Crippen molar-refractivity contribution < 1.29 is 25.3 Å². The highest BCUT2D eigenvalue weighted by atomic mass is 16.6. The van der Waals surface area contributed by atoms with Gasteiger partial charge in [0.2, 0.25) is 0 Å². The zero-order chi connectivity index (χ0) is 25.6. The van der Waals surface area contributed by atoms with E-state index in [1.165, 1.54) is 12.1 Å². The van der Waals surface area contributed by atoms with Crippen LogP contribution in [-0.4, -0.2) is 70.2 Å². The Morgan fingerprint density at radius 1 is 0.886 bits per heavy atom. The number of hydrogen-bond acceptors (Lipinski definition) is 11. The molecule has 0 amide bonds. The fourth-order valence-corrected chi connectivity index (χ4v) is 4.01. The van der Waals surface area contributed by atoms with Crippen molar-refractivity contribution in [2.75, 3.05) is 11.5 Å². The first kappa shape index (κ1) is 23.8. The molecule has 16 nitrogen and oxygen atoms in total. The quantitative estimate of drug-likeness (QED) is 0.131. The molecule has 8 N–H and O–H groups in total. The molecule has 0 saturated carbocycles. The summed E-state index contributed by atoms with van der Waals surface area (Å²) in [4.78, 5) is 70.1. The highest BCUT2D eigenvalue weighted by Crippen LogP contribution is 2.45. The number of fused-ring (bicyclic) bond motifs is 2. The van der Waals surface area contributed by atoms with Gasteiger partial charge in [0.1, 0.15) is 23.8 Å². The molecule has 0 spiro atoms. The van der Waals surface area contributed by atoms with Crippen LogP contribution in [0.2, 0.25) is 0 Å². The largest absolute Gasteiger partial charge is 0.394 e. The number of nitrogens with one attached hydrogen (secondary N) is 4. The monoisotopic (exact) mass is 490 g/mol. The number of aliphatic hydroxyl groups excluding tert-OH is 4. The number of anilines is 3. The van der Waals surface area contributed by atoms with Gasteiger partial charge in [-0.2, -0.15) is 0 Å². The number of aromatic nitrogens is 4. The number of nitro groups is 1. The van der Waals surface area contributed by atoms with Crippen molar-refractivity contribution in [3.63, 3.8) is 0 Å². The lowest BCUT2D eigenvalue weighted by atomic mass is 9.81. The molecule has 0 aliphatic carbocycles. The van der Waals surface area contributed by atoms with E-state index in [1.54, 1.807) is 0 Å². The van der Waals surface area contributed by atoms with Gasteiger partial charge in [-0.05, 0) is 12.1 Å². The van der Waals surface area contributed by atoms with Crippen LogP contribution in [0, 0.1) is 10.1 Å².